The van der Waals surface area contributed by atoms with Crippen LogP contribution in [0.3, 0.4) is 0 Å². The Morgan fingerprint density at radius 2 is 2.12 bits per heavy atom. The van der Waals surface area contributed by atoms with Crippen LogP contribution in [0.25, 0.3) is 0 Å². The summed E-state index contributed by atoms with van der Waals surface area (Å²) in [7, 11) is 1.12. The highest BCUT2D eigenvalue weighted by molar-refractivity contribution is 7.84. The first kappa shape index (κ1) is 7.89. The van der Waals surface area contributed by atoms with E-state index < -0.39 is 0 Å². The van der Waals surface area contributed by atoms with Crippen LogP contribution in [0.2, 0.25) is 13.1 Å². The molecule has 0 nitrogen and oxygen atoms in total. The fraction of sp³-hybridized carbons (Fsp3) is 0.333. The van der Waals surface area contributed by atoms with Gasteiger partial charge in [-0.3, -0.25) is 0 Å². The fourth-order valence-electron chi connectivity index (χ4n) is 0.446. The van der Waals surface area contributed by atoms with Crippen LogP contribution in [-0.2, 0) is 0 Å². The van der Waals surface area contributed by atoms with Crippen molar-refractivity contribution in [2.75, 3.05) is 0 Å². The molecule has 0 aliphatic carbocycles. The zero-order valence-corrected chi connectivity index (χ0v) is 6.17. The van der Waals surface area contributed by atoms with Crippen LogP contribution in [0.4, 0.5) is 0 Å². The molecule has 0 saturated heterocycles. The zero-order valence-electron chi connectivity index (χ0n) is 5.28. The molecule has 0 amide bonds. The number of rotatable bonds is 3. The molecule has 2 heteroatoms. The van der Waals surface area contributed by atoms with Gasteiger partial charge < -0.3 is 0 Å². The molecule has 0 N–H and O–H groups in total. The van der Waals surface area contributed by atoms with Crippen LogP contribution in [0.15, 0.2) is 23.6 Å². The summed E-state index contributed by atoms with van der Waals surface area (Å²) in [6.45, 7) is 9.52. The van der Waals surface area contributed by atoms with Crippen molar-refractivity contribution in [3.8, 4) is 0 Å². The highest BCUT2D eigenvalue weighted by Crippen LogP contribution is 2.12. The highest BCUT2D eigenvalue weighted by atomic mass is 32.1. The Morgan fingerprint density at radius 3 is 2.25 bits per heavy atom. The van der Waals surface area contributed by atoms with E-state index in [1.54, 1.807) is 0 Å². The molecule has 0 aromatic carbocycles. The molecule has 0 aromatic rings. The van der Waals surface area contributed by atoms with Crippen LogP contribution in [-0.4, -0.2) is 7.28 Å². The Balaban J connectivity index is 3.49. The third kappa shape index (κ3) is 2.97. The topological polar surface area (TPSA) is 0 Å². The first-order chi connectivity index (χ1) is 3.68. The molecule has 0 unspecified atom stereocenters. The van der Waals surface area contributed by atoms with Crippen LogP contribution >= 0.6 is 12.6 Å². The molecule has 8 heavy (non-hydrogen) atoms. The quantitative estimate of drug-likeness (QED) is 0.333. The Hall–Kier alpha value is -0.105. The largest absolute Gasteiger partial charge is 0.144 e. The first-order valence-electron chi connectivity index (χ1n) is 2.74. The first-order valence-corrected chi connectivity index (χ1v) is 3.19. The predicted molar refractivity (Wildman–Crippen MR) is 45.1 cm³/mol. The molecule has 0 saturated carbocycles. The van der Waals surface area contributed by atoms with Gasteiger partial charge in [0.2, 0.25) is 0 Å². The van der Waals surface area contributed by atoms with Crippen molar-refractivity contribution in [1.29, 1.82) is 0 Å². The minimum absolute atomic E-state index is 0.812. The van der Waals surface area contributed by atoms with E-state index in [2.05, 4.69) is 32.6 Å². The van der Waals surface area contributed by atoms with E-state index in [4.69, 9.17) is 0 Å². The molecule has 0 aliphatic heterocycles. The Bertz CT molecular complexity index is 107. The summed E-state index contributed by atoms with van der Waals surface area (Å²) < 4.78 is 0. The van der Waals surface area contributed by atoms with E-state index in [1.165, 1.54) is 0 Å². The van der Waals surface area contributed by atoms with Crippen molar-refractivity contribution >= 4 is 19.9 Å². The molecule has 0 atom stereocenters. The molecule has 0 rings (SSSR count). The van der Waals surface area contributed by atoms with Gasteiger partial charge in [-0.05, 0) is 10.5 Å². The second-order valence-corrected chi connectivity index (χ2v) is 2.34. The number of hydrogen-bond acceptors (Lipinski definition) is 1. The summed E-state index contributed by atoms with van der Waals surface area (Å²) >= 11 is 4.03. The van der Waals surface area contributed by atoms with E-state index in [0.29, 0.717) is 0 Å². The number of thiol groups is 1. The molecule has 0 heterocycles. The maximum absolute atomic E-state index is 4.03. The SMILES string of the molecule is C=C(S)C(=C)CBC. The summed E-state index contributed by atoms with van der Waals surface area (Å²) in [5.41, 5.74) is 1.05. The average molecular weight is 126 g/mol. The van der Waals surface area contributed by atoms with Crippen LogP contribution in [0.1, 0.15) is 0 Å². The Kier molecular flexibility index (Phi) is 3.79. The summed E-state index contributed by atoms with van der Waals surface area (Å²) in [4.78, 5) is 0.812. The van der Waals surface area contributed by atoms with Crippen LogP contribution in [0, 0.1) is 0 Å². The van der Waals surface area contributed by atoms with E-state index >= 15 is 0 Å². The molecule has 0 radical (unpaired) electrons. The summed E-state index contributed by atoms with van der Waals surface area (Å²) in [6.07, 6.45) is 1.02. The van der Waals surface area contributed by atoms with Crippen molar-refractivity contribution in [3.63, 3.8) is 0 Å². The third-order valence-electron chi connectivity index (χ3n) is 0.960. The van der Waals surface area contributed by atoms with Crippen molar-refractivity contribution in [2.24, 2.45) is 0 Å². The minimum atomic E-state index is 0.812. The molecule has 0 bridgehead atoms. The van der Waals surface area contributed by atoms with Crippen LogP contribution in [0.5, 0.6) is 0 Å². The van der Waals surface area contributed by atoms with Gasteiger partial charge in [0.25, 0.3) is 0 Å². The molecular weight excluding hydrogens is 115 g/mol. The van der Waals surface area contributed by atoms with Gasteiger partial charge in [0, 0.05) is 0 Å². The predicted octanol–water partition coefficient (Wildman–Crippen LogP) is 1.89. The smallest absolute Gasteiger partial charge is 0.122 e. The van der Waals surface area contributed by atoms with Crippen molar-refractivity contribution in [1.82, 2.24) is 0 Å². The number of hydrogen-bond donors (Lipinski definition) is 1. The molecule has 0 aliphatic rings. The third-order valence-corrected chi connectivity index (χ3v) is 1.28. The van der Waals surface area contributed by atoms with Gasteiger partial charge in [0.05, 0.1) is 0 Å². The summed E-state index contributed by atoms with van der Waals surface area (Å²) in [6, 6.07) is 0. The standard InChI is InChI=1S/C6H11BS/c1-5(4-7-3)6(2)8/h7-8H,1-2,4H2,3H3. The van der Waals surface area contributed by atoms with E-state index in [1.807, 2.05) is 0 Å². The van der Waals surface area contributed by atoms with Gasteiger partial charge in [0.15, 0.2) is 0 Å². The van der Waals surface area contributed by atoms with Crippen LogP contribution < -0.4 is 0 Å². The molecule has 0 fully saturated rings. The van der Waals surface area contributed by atoms with E-state index in [0.717, 1.165) is 24.1 Å². The minimum Gasteiger partial charge on any atom is -0.144 e. The molecular formula is C6H11BS. The van der Waals surface area contributed by atoms with E-state index in [-0.39, 0.29) is 0 Å². The fourth-order valence-corrected chi connectivity index (χ4v) is 0.558. The molecule has 0 aromatic heterocycles. The summed E-state index contributed by atoms with van der Waals surface area (Å²) in [5, 5.41) is 0. The maximum Gasteiger partial charge on any atom is 0.122 e. The van der Waals surface area contributed by atoms with Crippen molar-refractivity contribution in [2.45, 2.75) is 13.1 Å². The lowest BCUT2D eigenvalue weighted by molar-refractivity contribution is 1.51. The van der Waals surface area contributed by atoms with Crippen molar-refractivity contribution < 1.29 is 0 Å². The number of allylic oxidation sites excluding steroid dienone is 1. The lowest BCUT2D eigenvalue weighted by Gasteiger charge is -1.97. The zero-order chi connectivity index (χ0) is 6.57. The second-order valence-electron chi connectivity index (χ2n) is 1.80. The van der Waals surface area contributed by atoms with Gasteiger partial charge in [-0.25, -0.2) is 0 Å². The normalized spacial score (nSPS) is 8.25. The van der Waals surface area contributed by atoms with E-state index in [9.17, 15) is 0 Å². The second kappa shape index (κ2) is 3.84. The molecule has 0 spiro atoms. The lowest BCUT2D eigenvalue weighted by Crippen LogP contribution is -1.83. The summed E-state index contributed by atoms with van der Waals surface area (Å²) in [5.74, 6) is 0. The van der Waals surface area contributed by atoms with Gasteiger partial charge in [-0.2, -0.15) is 0 Å². The maximum atomic E-state index is 4.03. The average Bonchev–Trinajstić information content (AvgIpc) is 1.67. The molecule has 44 valence electrons. The van der Waals surface area contributed by atoms with Crippen molar-refractivity contribution in [3.05, 3.63) is 23.6 Å². The van der Waals surface area contributed by atoms with Gasteiger partial charge in [-0.15, -0.1) is 12.6 Å². The van der Waals surface area contributed by atoms with Gasteiger partial charge in [0.1, 0.15) is 7.28 Å². The Labute approximate surface area is 57.3 Å². The monoisotopic (exact) mass is 126 g/mol. The Morgan fingerprint density at radius 1 is 1.62 bits per heavy atom. The highest BCUT2D eigenvalue weighted by Gasteiger charge is 1.91. The van der Waals surface area contributed by atoms with Gasteiger partial charge in [-0.1, -0.05) is 26.3 Å². The lowest BCUT2D eigenvalue weighted by atomic mass is 9.75. The van der Waals surface area contributed by atoms with Gasteiger partial charge >= 0.3 is 0 Å².